The van der Waals surface area contributed by atoms with E-state index in [4.69, 9.17) is 16.3 Å². The van der Waals surface area contributed by atoms with Crippen molar-refractivity contribution in [2.45, 2.75) is 32.7 Å². The summed E-state index contributed by atoms with van der Waals surface area (Å²) in [4.78, 5) is 43.6. The lowest BCUT2D eigenvalue weighted by Crippen LogP contribution is -2.44. The van der Waals surface area contributed by atoms with Gasteiger partial charge in [-0.05, 0) is 37.1 Å². The number of hydrogen-bond acceptors (Lipinski definition) is 5. The van der Waals surface area contributed by atoms with Crippen LogP contribution in [0.2, 0.25) is 5.02 Å². The standard InChI is InChI=1S/C23H24ClN3O4/c1-3-31-23(30)22-15(2)27(14-20(28)26-13-16-7-6-10-25-12-16)21(29)11-18(22)17-8-4-5-9-19(17)24/h4-10,12,18H,3,11,13-14H2,1-2H3,(H,26,28). The number of allylic oxidation sites excluding steroid dienone is 1. The number of halogens is 1. The summed E-state index contributed by atoms with van der Waals surface area (Å²) in [6, 6.07) is 10.7. The van der Waals surface area contributed by atoms with Crippen molar-refractivity contribution in [1.29, 1.82) is 0 Å². The van der Waals surface area contributed by atoms with E-state index in [0.29, 0.717) is 28.4 Å². The van der Waals surface area contributed by atoms with Gasteiger partial charge < -0.3 is 15.0 Å². The fraction of sp³-hybridized carbons (Fsp3) is 0.304. The monoisotopic (exact) mass is 441 g/mol. The minimum absolute atomic E-state index is 0.0190. The van der Waals surface area contributed by atoms with E-state index < -0.39 is 11.9 Å². The second kappa shape index (κ2) is 10.2. The number of amides is 2. The zero-order chi connectivity index (χ0) is 22.4. The molecule has 2 amide bonds. The highest BCUT2D eigenvalue weighted by molar-refractivity contribution is 6.31. The Balaban J connectivity index is 1.85. The molecule has 1 aromatic heterocycles. The summed E-state index contributed by atoms with van der Waals surface area (Å²) < 4.78 is 5.25. The van der Waals surface area contributed by atoms with E-state index in [9.17, 15) is 14.4 Å². The Kier molecular flexibility index (Phi) is 7.41. The van der Waals surface area contributed by atoms with Crippen molar-refractivity contribution in [3.8, 4) is 0 Å². The number of esters is 1. The molecule has 0 fully saturated rings. The molecule has 3 rings (SSSR count). The molecule has 0 saturated carbocycles. The van der Waals surface area contributed by atoms with Gasteiger partial charge in [0.25, 0.3) is 0 Å². The Labute approximate surface area is 186 Å². The van der Waals surface area contributed by atoms with Crippen LogP contribution in [0.4, 0.5) is 0 Å². The zero-order valence-electron chi connectivity index (χ0n) is 17.4. The van der Waals surface area contributed by atoms with Gasteiger partial charge in [0.2, 0.25) is 11.8 Å². The van der Waals surface area contributed by atoms with Crippen LogP contribution in [0.3, 0.4) is 0 Å². The van der Waals surface area contributed by atoms with Gasteiger partial charge in [-0.2, -0.15) is 0 Å². The summed E-state index contributed by atoms with van der Waals surface area (Å²) in [5, 5.41) is 3.25. The van der Waals surface area contributed by atoms with Gasteiger partial charge in [0, 0.05) is 42.0 Å². The largest absolute Gasteiger partial charge is 0.463 e. The molecule has 1 N–H and O–H groups in total. The van der Waals surface area contributed by atoms with Crippen molar-refractivity contribution in [2.75, 3.05) is 13.2 Å². The molecule has 0 spiro atoms. The maximum Gasteiger partial charge on any atom is 0.336 e. The minimum Gasteiger partial charge on any atom is -0.463 e. The highest BCUT2D eigenvalue weighted by atomic mass is 35.5. The molecule has 0 aliphatic carbocycles. The number of ether oxygens (including phenoxy) is 1. The molecule has 0 saturated heterocycles. The molecule has 7 nitrogen and oxygen atoms in total. The Morgan fingerprint density at radius 1 is 1.26 bits per heavy atom. The van der Waals surface area contributed by atoms with Crippen LogP contribution >= 0.6 is 11.6 Å². The van der Waals surface area contributed by atoms with E-state index in [1.165, 1.54) is 4.90 Å². The number of carbonyl (C=O) groups excluding carboxylic acids is 3. The molecule has 2 aromatic rings. The molecule has 8 heteroatoms. The van der Waals surface area contributed by atoms with Crippen LogP contribution in [0.15, 0.2) is 60.1 Å². The predicted molar refractivity (Wildman–Crippen MR) is 116 cm³/mol. The smallest absolute Gasteiger partial charge is 0.336 e. The summed E-state index contributed by atoms with van der Waals surface area (Å²) in [6.45, 7) is 3.68. The maximum atomic E-state index is 12.9. The van der Waals surface area contributed by atoms with Crippen LogP contribution in [-0.2, 0) is 25.7 Å². The SMILES string of the molecule is CCOC(=O)C1=C(C)N(CC(=O)NCc2cccnc2)C(=O)CC1c1ccccc1Cl. The Hall–Kier alpha value is -3.19. The molecule has 1 atom stereocenters. The third-order valence-electron chi connectivity index (χ3n) is 5.11. The third-order valence-corrected chi connectivity index (χ3v) is 5.46. The van der Waals surface area contributed by atoms with E-state index in [-0.39, 0.29) is 31.4 Å². The van der Waals surface area contributed by atoms with Crippen LogP contribution in [0, 0.1) is 0 Å². The fourth-order valence-electron chi connectivity index (χ4n) is 3.60. The van der Waals surface area contributed by atoms with E-state index in [1.807, 2.05) is 12.1 Å². The highest BCUT2D eigenvalue weighted by Crippen LogP contribution is 2.39. The Morgan fingerprint density at radius 2 is 2.03 bits per heavy atom. The number of nitrogens with one attached hydrogen (secondary N) is 1. The van der Waals surface area contributed by atoms with Crippen LogP contribution in [0.25, 0.3) is 0 Å². The normalized spacial score (nSPS) is 16.3. The fourth-order valence-corrected chi connectivity index (χ4v) is 3.87. The van der Waals surface area contributed by atoms with Crippen LogP contribution in [0.5, 0.6) is 0 Å². The van der Waals surface area contributed by atoms with Gasteiger partial charge in [-0.15, -0.1) is 0 Å². The molecule has 31 heavy (non-hydrogen) atoms. The summed E-state index contributed by atoms with van der Waals surface area (Å²) in [5.41, 5.74) is 2.27. The summed E-state index contributed by atoms with van der Waals surface area (Å²) in [6.07, 6.45) is 3.33. The van der Waals surface area contributed by atoms with E-state index in [1.54, 1.807) is 50.5 Å². The zero-order valence-corrected chi connectivity index (χ0v) is 18.2. The lowest BCUT2D eigenvalue weighted by atomic mass is 9.83. The van der Waals surface area contributed by atoms with Gasteiger partial charge in [-0.1, -0.05) is 35.9 Å². The van der Waals surface area contributed by atoms with Gasteiger partial charge in [-0.25, -0.2) is 4.79 Å². The molecule has 1 aliphatic heterocycles. The first-order valence-electron chi connectivity index (χ1n) is 10.0. The number of rotatable bonds is 7. The van der Waals surface area contributed by atoms with Crippen molar-refractivity contribution in [2.24, 2.45) is 0 Å². The van der Waals surface area contributed by atoms with Gasteiger partial charge in [-0.3, -0.25) is 14.6 Å². The quantitative estimate of drug-likeness (QED) is 0.666. The molecule has 0 bridgehead atoms. The maximum absolute atomic E-state index is 12.9. The Bertz CT molecular complexity index is 1010. The lowest BCUT2D eigenvalue weighted by Gasteiger charge is -2.34. The number of carbonyl (C=O) groups is 3. The Morgan fingerprint density at radius 3 is 2.71 bits per heavy atom. The van der Waals surface area contributed by atoms with Gasteiger partial charge in [0.15, 0.2) is 0 Å². The van der Waals surface area contributed by atoms with Crippen molar-refractivity contribution in [1.82, 2.24) is 15.2 Å². The van der Waals surface area contributed by atoms with Crippen LogP contribution in [0.1, 0.15) is 37.3 Å². The minimum atomic E-state index is -0.532. The number of aromatic nitrogens is 1. The van der Waals surface area contributed by atoms with Crippen LogP contribution in [-0.4, -0.2) is 40.8 Å². The van der Waals surface area contributed by atoms with E-state index in [0.717, 1.165) is 5.56 Å². The van der Waals surface area contributed by atoms with Gasteiger partial charge >= 0.3 is 5.97 Å². The lowest BCUT2D eigenvalue weighted by molar-refractivity contribution is -0.141. The van der Waals surface area contributed by atoms with Crippen molar-refractivity contribution >= 4 is 29.4 Å². The second-order valence-electron chi connectivity index (χ2n) is 7.12. The molecule has 1 aliphatic rings. The number of benzene rings is 1. The summed E-state index contributed by atoms with van der Waals surface area (Å²) in [7, 11) is 0. The number of pyridine rings is 1. The third kappa shape index (κ3) is 5.30. The average molecular weight is 442 g/mol. The molecule has 1 unspecified atom stereocenters. The molecule has 1 aromatic carbocycles. The van der Waals surface area contributed by atoms with Crippen molar-refractivity contribution in [3.63, 3.8) is 0 Å². The first-order chi connectivity index (χ1) is 14.9. The van der Waals surface area contributed by atoms with E-state index in [2.05, 4.69) is 10.3 Å². The first kappa shape index (κ1) is 22.5. The molecule has 2 heterocycles. The first-order valence-corrected chi connectivity index (χ1v) is 10.4. The molecular weight excluding hydrogens is 418 g/mol. The number of nitrogens with zero attached hydrogens (tertiary/aromatic N) is 2. The highest BCUT2D eigenvalue weighted by Gasteiger charge is 2.38. The second-order valence-corrected chi connectivity index (χ2v) is 7.52. The predicted octanol–water partition coefficient (Wildman–Crippen LogP) is 3.20. The summed E-state index contributed by atoms with van der Waals surface area (Å²) >= 11 is 6.35. The van der Waals surface area contributed by atoms with Gasteiger partial charge in [0.1, 0.15) is 6.54 Å². The molecule has 162 valence electrons. The number of hydrogen-bond donors (Lipinski definition) is 1. The van der Waals surface area contributed by atoms with Crippen molar-refractivity contribution < 1.29 is 19.1 Å². The molecular formula is C23H24ClN3O4. The van der Waals surface area contributed by atoms with Crippen LogP contribution < -0.4 is 5.32 Å². The van der Waals surface area contributed by atoms with E-state index >= 15 is 0 Å². The van der Waals surface area contributed by atoms with Crippen molar-refractivity contribution in [3.05, 3.63) is 76.2 Å². The average Bonchev–Trinajstić information content (AvgIpc) is 2.76. The summed E-state index contributed by atoms with van der Waals surface area (Å²) in [5.74, 6) is -1.64. The van der Waals surface area contributed by atoms with Gasteiger partial charge in [0.05, 0.1) is 12.2 Å². The molecule has 0 radical (unpaired) electrons. The topological polar surface area (TPSA) is 88.6 Å².